The Kier molecular flexibility index (Phi) is 5.43. The average Bonchev–Trinajstić information content (AvgIpc) is 3.15. The fraction of sp³-hybridized carbons (Fsp3) is 0.250. The van der Waals surface area contributed by atoms with E-state index in [1.807, 2.05) is 6.07 Å². The second kappa shape index (κ2) is 7.67. The molecular weight excluding hydrogens is 392 g/mol. The number of sulfonamides is 1. The summed E-state index contributed by atoms with van der Waals surface area (Å²) in [7, 11) is -2.36. The maximum Gasteiger partial charge on any atom is 0.264 e. The Balaban J connectivity index is 1.86. The van der Waals surface area contributed by atoms with Gasteiger partial charge >= 0.3 is 0 Å². The minimum absolute atomic E-state index is 0.0183. The van der Waals surface area contributed by atoms with E-state index >= 15 is 0 Å². The van der Waals surface area contributed by atoms with E-state index in [2.05, 4.69) is 15.5 Å². The smallest absolute Gasteiger partial charge is 0.264 e. The second-order valence-electron chi connectivity index (χ2n) is 7.05. The summed E-state index contributed by atoms with van der Waals surface area (Å²) in [4.78, 5) is 16.9. The summed E-state index contributed by atoms with van der Waals surface area (Å²) >= 11 is 0. The van der Waals surface area contributed by atoms with Crippen molar-refractivity contribution < 1.29 is 17.7 Å². The fourth-order valence-electron chi connectivity index (χ4n) is 2.70. The first kappa shape index (κ1) is 20.5. The van der Waals surface area contributed by atoms with Crippen LogP contribution in [0, 0.1) is 6.92 Å². The lowest BCUT2D eigenvalue weighted by atomic mass is 10.0. The molecule has 3 rings (SSSR count). The first-order chi connectivity index (χ1) is 13.6. The Morgan fingerprint density at radius 2 is 1.79 bits per heavy atom. The number of nitrogens with one attached hydrogen (secondary N) is 1. The molecule has 1 N–H and O–H groups in total. The van der Waals surface area contributed by atoms with Crippen LogP contribution >= 0.6 is 0 Å². The van der Waals surface area contributed by atoms with E-state index in [9.17, 15) is 13.2 Å². The molecular formula is C20H22N4O4S. The molecule has 0 atom stereocenters. The standard InChI is InChI=1S/C20H22N4O4S/c1-14-21-19(23-28-14)20(2,3)22-18(25)15-9-8-12-17(13-15)29(26,27)24(4)16-10-6-5-7-11-16/h5-13H,1-4H3,(H,22,25). The molecule has 0 aliphatic carbocycles. The van der Waals surface area contributed by atoms with Crippen LogP contribution in [0.15, 0.2) is 64.0 Å². The predicted molar refractivity (Wildman–Crippen MR) is 108 cm³/mol. The Labute approximate surface area is 169 Å². The number of aryl methyl sites for hydroxylation is 1. The molecule has 0 aliphatic rings. The number of carbonyl (C=O) groups is 1. The Morgan fingerprint density at radius 3 is 2.41 bits per heavy atom. The summed E-state index contributed by atoms with van der Waals surface area (Å²) < 4.78 is 32.1. The van der Waals surface area contributed by atoms with E-state index in [0.29, 0.717) is 17.4 Å². The van der Waals surface area contributed by atoms with Crippen molar-refractivity contribution in [1.29, 1.82) is 0 Å². The largest absolute Gasteiger partial charge is 0.340 e. The van der Waals surface area contributed by atoms with E-state index in [1.54, 1.807) is 51.1 Å². The number of para-hydroxylation sites is 1. The van der Waals surface area contributed by atoms with Crippen molar-refractivity contribution >= 4 is 21.6 Å². The van der Waals surface area contributed by atoms with Crippen LogP contribution in [-0.4, -0.2) is 31.5 Å². The third-order valence-electron chi connectivity index (χ3n) is 4.39. The lowest BCUT2D eigenvalue weighted by Crippen LogP contribution is -2.42. The molecule has 8 nitrogen and oxygen atoms in total. The molecule has 1 heterocycles. The van der Waals surface area contributed by atoms with Crippen molar-refractivity contribution in [3.8, 4) is 0 Å². The highest BCUT2D eigenvalue weighted by Crippen LogP contribution is 2.23. The van der Waals surface area contributed by atoms with Crippen molar-refractivity contribution in [2.24, 2.45) is 0 Å². The van der Waals surface area contributed by atoms with E-state index < -0.39 is 21.5 Å². The summed E-state index contributed by atoms with van der Waals surface area (Å²) in [6.45, 7) is 5.13. The van der Waals surface area contributed by atoms with E-state index in [4.69, 9.17) is 4.52 Å². The van der Waals surface area contributed by atoms with Crippen LogP contribution in [0.4, 0.5) is 5.69 Å². The molecule has 0 aliphatic heterocycles. The highest BCUT2D eigenvalue weighted by atomic mass is 32.2. The molecule has 9 heteroatoms. The van der Waals surface area contributed by atoms with Gasteiger partial charge in [0.05, 0.1) is 16.1 Å². The van der Waals surface area contributed by atoms with Gasteiger partial charge in [-0.25, -0.2) is 8.42 Å². The molecule has 0 bridgehead atoms. The zero-order valence-corrected chi connectivity index (χ0v) is 17.4. The van der Waals surface area contributed by atoms with Crippen molar-refractivity contribution in [2.45, 2.75) is 31.2 Å². The first-order valence-corrected chi connectivity index (χ1v) is 10.3. The molecule has 1 aromatic heterocycles. The molecule has 0 fully saturated rings. The fourth-order valence-corrected chi connectivity index (χ4v) is 3.94. The molecule has 0 saturated carbocycles. The topological polar surface area (TPSA) is 105 Å². The van der Waals surface area contributed by atoms with Gasteiger partial charge in [0.15, 0.2) is 5.82 Å². The molecule has 1 amide bonds. The van der Waals surface area contributed by atoms with Crippen LogP contribution in [-0.2, 0) is 15.6 Å². The minimum Gasteiger partial charge on any atom is -0.340 e. The molecule has 0 spiro atoms. The maximum absolute atomic E-state index is 13.0. The van der Waals surface area contributed by atoms with Crippen molar-refractivity contribution in [2.75, 3.05) is 11.4 Å². The van der Waals surface area contributed by atoms with E-state index in [1.165, 1.54) is 29.6 Å². The van der Waals surface area contributed by atoms with Crippen LogP contribution in [0.5, 0.6) is 0 Å². The van der Waals surface area contributed by atoms with Crippen LogP contribution in [0.3, 0.4) is 0 Å². The normalized spacial score (nSPS) is 11.9. The number of nitrogens with zero attached hydrogens (tertiary/aromatic N) is 3. The summed E-state index contributed by atoms with van der Waals surface area (Å²) in [6.07, 6.45) is 0. The van der Waals surface area contributed by atoms with Crippen molar-refractivity contribution in [3.05, 3.63) is 71.9 Å². The third kappa shape index (κ3) is 4.29. The highest BCUT2D eigenvalue weighted by molar-refractivity contribution is 7.92. The van der Waals surface area contributed by atoms with Gasteiger partial charge in [0, 0.05) is 19.5 Å². The monoisotopic (exact) mass is 414 g/mol. The lowest BCUT2D eigenvalue weighted by Gasteiger charge is -2.23. The number of hydrogen-bond acceptors (Lipinski definition) is 6. The van der Waals surface area contributed by atoms with Gasteiger partial charge < -0.3 is 9.84 Å². The molecule has 2 aromatic carbocycles. The number of aromatic nitrogens is 2. The number of rotatable bonds is 6. The van der Waals surface area contributed by atoms with Crippen LogP contribution in [0.25, 0.3) is 0 Å². The van der Waals surface area contributed by atoms with Gasteiger partial charge in [-0.15, -0.1) is 0 Å². The highest BCUT2D eigenvalue weighted by Gasteiger charge is 2.29. The van der Waals surface area contributed by atoms with Gasteiger partial charge in [-0.05, 0) is 44.2 Å². The van der Waals surface area contributed by atoms with Crippen molar-refractivity contribution in [1.82, 2.24) is 15.5 Å². The van der Waals surface area contributed by atoms with Gasteiger partial charge in [-0.1, -0.05) is 29.4 Å². The van der Waals surface area contributed by atoms with Gasteiger partial charge in [-0.2, -0.15) is 4.98 Å². The number of amides is 1. The SMILES string of the molecule is Cc1nc(C(C)(C)NC(=O)c2cccc(S(=O)(=O)N(C)c3ccccc3)c2)no1. The number of carbonyl (C=O) groups excluding carboxylic acids is 1. The molecule has 152 valence electrons. The minimum atomic E-state index is -3.83. The van der Waals surface area contributed by atoms with Crippen molar-refractivity contribution in [3.63, 3.8) is 0 Å². The lowest BCUT2D eigenvalue weighted by molar-refractivity contribution is 0.0907. The molecule has 0 radical (unpaired) electrons. The molecule has 0 unspecified atom stereocenters. The number of hydrogen-bond donors (Lipinski definition) is 1. The molecule has 29 heavy (non-hydrogen) atoms. The maximum atomic E-state index is 13.0. The van der Waals surface area contributed by atoms with Crippen LogP contribution in [0.2, 0.25) is 0 Å². The zero-order valence-electron chi connectivity index (χ0n) is 16.6. The predicted octanol–water partition coefficient (Wildman–Crippen LogP) is 2.87. The molecule has 0 saturated heterocycles. The van der Waals surface area contributed by atoms with Gasteiger partial charge in [0.1, 0.15) is 0 Å². The Morgan fingerprint density at radius 1 is 1.10 bits per heavy atom. The second-order valence-corrected chi connectivity index (χ2v) is 9.02. The summed E-state index contributed by atoms with van der Waals surface area (Å²) in [5, 5.41) is 6.65. The molecule has 3 aromatic rings. The Hall–Kier alpha value is -3.20. The number of anilines is 1. The Bertz CT molecular complexity index is 1120. The van der Waals surface area contributed by atoms with Gasteiger partial charge in [0.2, 0.25) is 5.89 Å². The van der Waals surface area contributed by atoms with Crippen LogP contribution < -0.4 is 9.62 Å². The van der Waals surface area contributed by atoms with E-state index in [-0.39, 0.29) is 10.5 Å². The summed E-state index contributed by atoms with van der Waals surface area (Å²) in [6, 6.07) is 14.6. The van der Waals surface area contributed by atoms with Crippen LogP contribution in [0.1, 0.15) is 35.9 Å². The summed E-state index contributed by atoms with van der Waals surface area (Å²) in [5.41, 5.74) is -0.165. The zero-order chi connectivity index (χ0) is 21.2. The van der Waals surface area contributed by atoms with Gasteiger partial charge in [-0.3, -0.25) is 9.10 Å². The van der Waals surface area contributed by atoms with E-state index in [0.717, 1.165) is 0 Å². The average molecular weight is 414 g/mol. The summed E-state index contributed by atoms with van der Waals surface area (Å²) in [5.74, 6) is 0.271. The third-order valence-corrected chi connectivity index (χ3v) is 6.17. The first-order valence-electron chi connectivity index (χ1n) is 8.88. The number of benzene rings is 2. The van der Waals surface area contributed by atoms with Gasteiger partial charge in [0.25, 0.3) is 15.9 Å². The quantitative estimate of drug-likeness (QED) is 0.665.